The Morgan fingerprint density at radius 2 is 2.00 bits per heavy atom. The van der Waals surface area contributed by atoms with Crippen LogP contribution in [0, 0.1) is 0 Å². The van der Waals surface area contributed by atoms with Crippen LogP contribution in [0.4, 0.5) is 13.2 Å². The summed E-state index contributed by atoms with van der Waals surface area (Å²) in [4.78, 5) is 0. The fourth-order valence-corrected chi connectivity index (χ4v) is 1.80. The Balaban J connectivity index is 2.36. The number of hydrogen-bond donors (Lipinski definition) is 2. The van der Waals surface area contributed by atoms with Gasteiger partial charge in [0.1, 0.15) is 6.61 Å². The van der Waals surface area contributed by atoms with Gasteiger partial charge in [0.25, 0.3) is 0 Å². The highest BCUT2D eigenvalue weighted by atomic mass is 35.5. The van der Waals surface area contributed by atoms with Gasteiger partial charge < -0.3 is 4.74 Å². The molecular formula is C12H16ClF3N2O. The topological polar surface area (TPSA) is 47.3 Å². The summed E-state index contributed by atoms with van der Waals surface area (Å²) in [6, 6.07) is 7.07. The van der Waals surface area contributed by atoms with Crippen molar-refractivity contribution in [3.63, 3.8) is 0 Å². The fourth-order valence-electron chi connectivity index (χ4n) is 1.59. The number of nitrogens with one attached hydrogen (secondary N) is 1. The van der Waals surface area contributed by atoms with E-state index < -0.39 is 12.8 Å². The Bertz CT molecular complexity index is 387. The molecule has 19 heavy (non-hydrogen) atoms. The SMILES string of the molecule is NNC(CCOCC(F)(F)F)Cc1ccccc1Cl. The minimum atomic E-state index is -4.30. The van der Waals surface area contributed by atoms with Crippen LogP contribution in [-0.4, -0.2) is 25.4 Å². The second-order valence-corrected chi connectivity index (χ2v) is 4.52. The molecular weight excluding hydrogens is 281 g/mol. The minimum Gasteiger partial charge on any atom is -0.372 e. The van der Waals surface area contributed by atoms with Gasteiger partial charge in [-0.3, -0.25) is 11.3 Å². The minimum absolute atomic E-state index is 0.0151. The number of alkyl halides is 3. The van der Waals surface area contributed by atoms with Crippen molar-refractivity contribution in [2.75, 3.05) is 13.2 Å². The maximum atomic E-state index is 11.9. The summed E-state index contributed by atoms with van der Waals surface area (Å²) in [7, 11) is 0. The van der Waals surface area contributed by atoms with Crippen LogP contribution in [0.2, 0.25) is 5.02 Å². The zero-order valence-electron chi connectivity index (χ0n) is 10.2. The van der Waals surface area contributed by atoms with Gasteiger partial charge in [-0.2, -0.15) is 13.2 Å². The van der Waals surface area contributed by atoms with E-state index in [4.69, 9.17) is 17.4 Å². The molecule has 0 bridgehead atoms. The Kier molecular flexibility index (Phi) is 6.57. The van der Waals surface area contributed by atoms with Crippen LogP contribution in [0.1, 0.15) is 12.0 Å². The van der Waals surface area contributed by atoms with Crippen LogP contribution in [0.15, 0.2) is 24.3 Å². The van der Waals surface area contributed by atoms with E-state index in [-0.39, 0.29) is 12.6 Å². The fraction of sp³-hybridized carbons (Fsp3) is 0.500. The van der Waals surface area contributed by atoms with Crippen molar-refractivity contribution in [3.8, 4) is 0 Å². The third-order valence-corrected chi connectivity index (χ3v) is 2.90. The average Bonchev–Trinajstić information content (AvgIpc) is 2.34. The van der Waals surface area contributed by atoms with E-state index in [0.717, 1.165) is 5.56 Å². The lowest BCUT2D eigenvalue weighted by Gasteiger charge is -2.17. The number of nitrogens with two attached hydrogens (primary N) is 1. The third kappa shape index (κ3) is 6.77. The van der Waals surface area contributed by atoms with Gasteiger partial charge in [-0.05, 0) is 24.5 Å². The lowest BCUT2D eigenvalue weighted by Crippen LogP contribution is -2.38. The second-order valence-electron chi connectivity index (χ2n) is 4.12. The summed E-state index contributed by atoms with van der Waals surface area (Å²) in [5.41, 5.74) is 3.45. The molecule has 108 valence electrons. The molecule has 1 aromatic rings. The average molecular weight is 297 g/mol. The molecule has 1 aromatic carbocycles. The summed E-state index contributed by atoms with van der Waals surface area (Å²) >= 11 is 6.00. The van der Waals surface area contributed by atoms with E-state index in [0.29, 0.717) is 17.9 Å². The van der Waals surface area contributed by atoms with Crippen LogP contribution in [0.3, 0.4) is 0 Å². The molecule has 7 heteroatoms. The molecule has 0 aliphatic rings. The second kappa shape index (κ2) is 7.69. The van der Waals surface area contributed by atoms with E-state index in [2.05, 4.69) is 10.2 Å². The zero-order valence-corrected chi connectivity index (χ0v) is 11.0. The summed E-state index contributed by atoms with van der Waals surface area (Å²) in [5, 5.41) is 0.610. The molecule has 0 aromatic heterocycles. The van der Waals surface area contributed by atoms with Gasteiger partial charge in [0.05, 0.1) is 0 Å². The Labute approximate surface area is 114 Å². The highest BCUT2D eigenvalue weighted by Crippen LogP contribution is 2.18. The molecule has 3 nitrogen and oxygen atoms in total. The van der Waals surface area contributed by atoms with Gasteiger partial charge in [0.2, 0.25) is 0 Å². The quantitative estimate of drug-likeness (QED) is 0.462. The molecule has 3 N–H and O–H groups in total. The number of benzene rings is 1. The molecule has 1 unspecified atom stereocenters. The molecule has 0 amide bonds. The van der Waals surface area contributed by atoms with Crippen LogP contribution in [-0.2, 0) is 11.2 Å². The molecule has 0 radical (unpaired) electrons. The molecule has 0 spiro atoms. The molecule has 1 rings (SSSR count). The molecule has 1 atom stereocenters. The lowest BCUT2D eigenvalue weighted by molar-refractivity contribution is -0.174. The van der Waals surface area contributed by atoms with Crippen LogP contribution in [0.5, 0.6) is 0 Å². The number of halogens is 4. The predicted octanol–water partition coefficient (Wildman–Crippen LogP) is 2.68. The monoisotopic (exact) mass is 296 g/mol. The van der Waals surface area contributed by atoms with Crippen molar-refractivity contribution < 1.29 is 17.9 Å². The van der Waals surface area contributed by atoms with E-state index >= 15 is 0 Å². The van der Waals surface area contributed by atoms with Crippen molar-refractivity contribution >= 4 is 11.6 Å². The number of ether oxygens (including phenoxy) is 1. The summed E-state index contributed by atoms with van der Waals surface area (Å²) in [6.45, 7) is -1.25. The standard InChI is InChI=1S/C12H16ClF3N2O/c13-11-4-2-1-3-9(11)7-10(18-17)5-6-19-8-12(14,15)16/h1-4,10,18H,5-8,17H2. The third-order valence-electron chi connectivity index (χ3n) is 2.54. The molecule has 0 saturated carbocycles. The van der Waals surface area contributed by atoms with E-state index in [1.54, 1.807) is 6.07 Å². The molecule has 0 fully saturated rings. The van der Waals surface area contributed by atoms with Gasteiger partial charge in [-0.1, -0.05) is 29.8 Å². The maximum absolute atomic E-state index is 11.9. The first-order chi connectivity index (χ1) is 8.92. The first-order valence-electron chi connectivity index (χ1n) is 5.76. The Morgan fingerprint density at radius 3 is 2.58 bits per heavy atom. The highest BCUT2D eigenvalue weighted by Gasteiger charge is 2.27. The van der Waals surface area contributed by atoms with Crippen molar-refractivity contribution in [2.24, 2.45) is 5.84 Å². The predicted molar refractivity (Wildman–Crippen MR) is 67.8 cm³/mol. The number of rotatable bonds is 7. The Hall–Kier alpha value is -0.820. The molecule has 0 heterocycles. The van der Waals surface area contributed by atoms with E-state index in [1.807, 2.05) is 18.2 Å². The molecule has 0 saturated heterocycles. The lowest BCUT2D eigenvalue weighted by atomic mass is 10.0. The van der Waals surface area contributed by atoms with Crippen molar-refractivity contribution in [3.05, 3.63) is 34.9 Å². The zero-order chi connectivity index (χ0) is 14.3. The van der Waals surface area contributed by atoms with Crippen LogP contribution >= 0.6 is 11.6 Å². The summed E-state index contributed by atoms with van der Waals surface area (Å²) < 4.78 is 40.2. The van der Waals surface area contributed by atoms with Gasteiger partial charge in [-0.15, -0.1) is 0 Å². The van der Waals surface area contributed by atoms with Gasteiger partial charge >= 0.3 is 6.18 Å². The van der Waals surface area contributed by atoms with E-state index in [9.17, 15) is 13.2 Å². The Morgan fingerprint density at radius 1 is 1.32 bits per heavy atom. The summed E-state index contributed by atoms with van der Waals surface area (Å²) in [5.74, 6) is 5.37. The summed E-state index contributed by atoms with van der Waals surface area (Å²) in [6.07, 6.45) is -3.39. The maximum Gasteiger partial charge on any atom is 0.411 e. The van der Waals surface area contributed by atoms with Crippen LogP contribution < -0.4 is 11.3 Å². The van der Waals surface area contributed by atoms with Crippen LogP contribution in [0.25, 0.3) is 0 Å². The number of hydrogen-bond acceptors (Lipinski definition) is 3. The van der Waals surface area contributed by atoms with Gasteiger partial charge in [-0.25, -0.2) is 0 Å². The van der Waals surface area contributed by atoms with Crippen molar-refractivity contribution in [2.45, 2.75) is 25.1 Å². The first-order valence-corrected chi connectivity index (χ1v) is 6.14. The van der Waals surface area contributed by atoms with Gasteiger partial charge in [0.15, 0.2) is 0 Å². The first kappa shape index (κ1) is 16.2. The normalized spacial score (nSPS) is 13.5. The van der Waals surface area contributed by atoms with Crippen molar-refractivity contribution in [1.29, 1.82) is 0 Å². The largest absolute Gasteiger partial charge is 0.411 e. The smallest absolute Gasteiger partial charge is 0.372 e. The highest BCUT2D eigenvalue weighted by molar-refractivity contribution is 6.31. The number of hydrazine groups is 1. The van der Waals surface area contributed by atoms with Crippen molar-refractivity contribution in [1.82, 2.24) is 5.43 Å². The van der Waals surface area contributed by atoms with E-state index in [1.165, 1.54) is 0 Å². The molecule has 0 aliphatic heterocycles. The molecule has 0 aliphatic carbocycles. The van der Waals surface area contributed by atoms with Gasteiger partial charge in [0, 0.05) is 17.7 Å².